The molecule has 23 heavy (non-hydrogen) atoms. The van der Waals surface area contributed by atoms with Gasteiger partial charge in [-0.05, 0) is 31.2 Å². The standard InChI is InChI=1S/C15H15ClN4O3/c1-9-18-13(23-19-9)7-17-15(22)10-6-14(21)20(8-10)12-4-2-11(16)3-5-12/h2-5,10H,6-8H2,1H3,(H,17,22)/t10-/m1/s1. The third-order valence-electron chi connectivity index (χ3n) is 3.62. The molecular formula is C15H15ClN4O3. The minimum absolute atomic E-state index is 0.0823. The summed E-state index contributed by atoms with van der Waals surface area (Å²) >= 11 is 5.85. The summed E-state index contributed by atoms with van der Waals surface area (Å²) in [7, 11) is 0. The van der Waals surface area contributed by atoms with Gasteiger partial charge in [0.25, 0.3) is 0 Å². The Kier molecular flexibility index (Phi) is 4.29. The lowest BCUT2D eigenvalue weighted by molar-refractivity contribution is -0.126. The van der Waals surface area contributed by atoms with Gasteiger partial charge in [-0.3, -0.25) is 9.59 Å². The van der Waals surface area contributed by atoms with Crippen LogP contribution in [0.4, 0.5) is 5.69 Å². The minimum Gasteiger partial charge on any atom is -0.347 e. The zero-order valence-electron chi connectivity index (χ0n) is 12.5. The van der Waals surface area contributed by atoms with Gasteiger partial charge in [0.1, 0.15) is 0 Å². The van der Waals surface area contributed by atoms with E-state index in [4.69, 9.17) is 16.1 Å². The Labute approximate surface area is 137 Å². The van der Waals surface area contributed by atoms with Gasteiger partial charge in [0, 0.05) is 23.7 Å². The molecule has 120 valence electrons. The number of nitrogens with zero attached hydrogens (tertiary/aromatic N) is 3. The molecule has 0 unspecified atom stereocenters. The summed E-state index contributed by atoms with van der Waals surface area (Å²) in [6.07, 6.45) is 0.178. The average Bonchev–Trinajstić information content (AvgIpc) is 3.12. The average molecular weight is 335 g/mol. The van der Waals surface area contributed by atoms with Crippen LogP contribution in [0.15, 0.2) is 28.8 Å². The third-order valence-corrected chi connectivity index (χ3v) is 3.87. The first-order chi connectivity index (χ1) is 11.0. The molecule has 1 aromatic heterocycles. The molecular weight excluding hydrogens is 320 g/mol. The predicted molar refractivity (Wildman–Crippen MR) is 82.8 cm³/mol. The molecule has 1 saturated heterocycles. The maximum Gasteiger partial charge on any atom is 0.246 e. The first kappa shape index (κ1) is 15.5. The summed E-state index contributed by atoms with van der Waals surface area (Å²) in [5.41, 5.74) is 0.738. The zero-order chi connectivity index (χ0) is 16.4. The van der Waals surface area contributed by atoms with Crippen molar-refractivity contribution in [3.63, 3.8) is 0 Å². The van der Waals surface area contributed by atoms with Crippen molar-refractivity contribution < 1.29 is 14.1 Å². The number of hydrogen-bond donors (Lipinski definition) is 1. The molecule has 2 aromatic rings. The van der Waals surface area contributed by atoms with Gasteiger partial charge in [-0.15, -0.1) is 0 Å². The van der Waals surface area contributed by atoms with Crippen molar-refractivity contribution in [3.8, 4) is 0 Å². The Morgan fingerprint density at radius 2 is 2.17 bits per heavy atom. The number of halogens is 1. The largest absolute Gasteiger partial charge is 0.347 e. The summed E-state index contributed by atoms with van der Waals surface area (Å²) in [4.78, 5) is 29.9. The number of anilines is 1. The summed E-state index contributed by atoms with van der Waals surface area (Å²) in [6.45, 7) is 2.20. The molecule has 8 heteroatoms. The number of aryl methyl sites for hydroxylation is 1. The van der Waals surface area contributed by atoms with Crippen LogP contribution in [0.25, 0.3) is 0 Å². The maximum atomic E-state index is 12.2. The van der Waals surface area contributed by atoms with Crippen LogP contribution in [0.3, 0.4) is 0 Å². The van der Waals surface area contributed by atoms with E-state index in [9.17, 15) is 9.59 Å². The molecule has 0 radical (unpaired) electrons. The van der Waals surface area contributed by atoms with Gasteiger partial charge in [-0.1, -0.05) is 16.8 Å². The van der Waals surface area contributed by atoms with Crippen LogP contribution < -0.4 is 10.2 Å². The van der Waals surface area contributed by atoms with E-state index in [0.29, 0.717) is 23.3 Å². The quantitative estimate of drug-likeness (QED) is 0.919. The van der Waals surface area contributed by atoms with Crippen molar-refractivity contribution in [2.24, 2.45) is 5.92 Å². The maximum absolute atomic E-state index is 12.2. The van der Waals surface area contributed by atoms with Crippen LogP contribution in [-0.4, -0.2) is 28.5 Å². The lowest BCUT2D eigenvalue weighted by Crippen LogP contribution is -2.32. The molecule has 7 nitrogen and oxygen atoms in total. The Hall–Kier alpha value is -2.41. The third kappa shape index (κ3) is 3.50. The number of aromatic nitrogens is 2. The van der Waals surface area contributed by atoms with Gasteiger partial charge >= 0.3 is 0 Å². The van der Waals surface area contributed by atoms with Crippen molar-refractivity contribution in [1.29, 1.82) is 0 Å². The number of amides is 2. The van der Waals surface area contributed by atoms with E-state index < -0.39 is 5.92 Å². The molecule has 1 N–H and O–H groups in total. The Morgan fingerprint density at radius 1 is 1.43 bits per heavy atom. The fourth-order valence-corrected chi connectivity index (χ4v) is 2.60. The number of rotatable bonds is 4. The molecule has 1 aliphatic heterocycles. The van der Waals surface area contributed by atoms with Gasteiger partial charge in [0.2, 0.25) is 17.7 Å². The molecule has 0 spiro atoms. The van der Waals surface area contributed by atoms with E-state index in [1.165, 1.54) is 0 Å². The lowest BCUT2D eigenvalue weighted by atomic mass is 10.1. The molecule has 0 bridgehead atoms. The van der Waals surface area contributed by atoms with Crippen molar-refractivity contribution in [2.75, 3.05) is 11.4 Å². The topological polar surface area (TPSA) is 88.3 Å². The van der Waals surface area contributed by atoms with E-state index in [1.807, 2.05) is 0 Å². The van der Waals surface area contributed by atoms with Gasteiger partial charge in [0.15, 0.2) is 5.82 Å². The molecule has 1 atom stereocenters. The fraction of sp³-hybridized carbons (Fsp3) is 0.333. The molecule has 0 saturated carbocycles. The van der Waals surface area contributed by atoms with E-state index in [0.717, 1.165) is 5.69 Å². The van der Waals surface area contributed by atoms with Crippen molar-refractivity contribution in [1.82, 2.24) is 15.5 Å². The number of nitrogens with one attached hydrogen (secondary N) is 1. The summed E-state index contributed by atoms with van der Waals surface area (Å²) in [5, 5.41) is 6.97. The summed E-state index contributed by atoms with van der Waals surface area (Å²) in [6, 6.07) is 6.97. The number of carbonyl (C=O) groups is 2. The smallest absolute Gasteiger partial charge is 0.246 e. The monoisotopic (exact) mass is 334 g/mol. The number of hydrogen-bond acceptors (Lipinski definition) is 5. The Balaban J connectivity index is 1.60. The van der Waals surface area contributed by atoms with Crippen molar-refractivity contribution >= 4 is 29.1 Å². The normalized spacial score (nSPS) is 17.6. The molecule has 2 heterocycles. The molecule has 1 fully saturated rings. The first-order valence-electron chi connectivity index (χ1n) is 7.16. The highest BCUT2D eigenvalue weighted by molar-refractivity contribution is 6.30. The number of benzene rings is 1. The minimum atomic E-state index is -0.401. The second-order valence-corrected chi connectivity index (χ2v) is 5.77. The van der Waals surface area contributed by atoms with E-state index >= 15 is 0 Å². The zero-order valence-corrected chi connectivity index (χ0v) is 13.2. The highest BCUT2D eigenvalue weighted by Crippen LogP contribution is 2.26. The lowest BCUT2D eigenvalue weighted by Gasteiger charge is -2.16. The first-order valence-corrected chi connectivity index (χ1v) is 7.53. The Morgan fingerprint density at radius 3 is 2.83 bits per heavy atom. The summed E-state index contributed by atoms with van der Waals surface area (Å²) < 4.78 is 4.93. The van der Waals surface area contributed by atoms with Crippen LogP contribution in [0.2, 0.25) is 5.02 Å². The van der Waals surface area contributed by atoms with E-state index in [2.05, 4.69) is 15.5 Å². The SMILES string of the molecule is Cc1noc(CNC(=O)[C@@H]2CC(=O)N(c3ccc(Cl)cc3)C2)n1. The summed E-state index contributed by atoms with van der Waals surface area (Å²) in [5.74, 6) is 0.169. The van der Waals surface area contributed by atoms with Crippen molar-refractivity contribution in [2.45, 2.75) is 19.9 Å². The highest BCUT2D eigenvalue weighted by Gasteiger charge is 2.35. The molecule has 3 rings (SSSR count). The number of carbonyl (C=O) groups excluding carboxylic acids is 2. The molecule has 1 aliphatic rings. The van der Waals surface area contributed by atoms with E-state index in [1.54, 1.807) is 36.1 Å². The van der Waals surface area contributed by atoms with Gasteiger partial charge < -0.3 is 14.7 Å². The predicted octanol–water partition coefficient (Wildman–Crippen LogP) is 1.70. The fourth-order valence-electron chi connectivity index (χ4n) is 2.47. The Bertz CT molecular complexity index is 729. The molecule has 0 aliphatic carbocycles. The van der Waals surface area contributed by atoms with Crippen LogP contribution in [0, 0.1) is 12.8 Å². The van der Waals surface area contributed by atoms with Crippen molar-refractivity contribution in [3.05, 3.63) is 41.0 Å². The van der Waals surface area contributed by atoms with Crippen LogP contribution in [-0.2, 0) is 16.1 Å². The molecule has 1 aromatic carbocycles. The highest BCUT2D eigenvalue weighted by atomic mass is 35.5. The van der Waals surface area contributed by atoms with Gasteiger partial charge in [0.05, 0.1) is 12.5 Å². The van der Waals surface area contributed by atoms with Gasteiger partial charge in [-0.2, -0.15) is 4.98 Å². The van der Waals surface area contributed by atoms with Crippen LogP contribution >= 0.6 is 11.6 Å². The second kappa shape index (κ2) is 6.37. The van der Waals surface area contributed by atoms with E-state index in [-0.39, 0.29) is 24.8 Å². The second-order valence-electron chi connectivity index (χ2n) is 5.33. The van der Waals surface area contributed by atoms with Crippen LogP contribution in [0.5, 0.6) is 0 Å². The van der Waals surface area contributed by atoms with Gasteiger partial charge in [-0.25, -0.2) is 0 Å². The van der Waals surface area contributed by atoms with Crippen LogP contribution in [0.1, 0.15) is 18.1 Å². The molecule has 2 amide bonds.